The molecule has 0 amide bonds. The molecule has 1 aliphatic rings. The normalized spacial score (nSPS) is 19.6. The molecule has 6 nitrogen and oxygen atoms in total. The quantitative estimate of drug-likeness (QED) is 0.263. The summed E-state index contributed by atoms with van der Waals surface area (Å²) < 4.78 is 52.0. The van der Waals surface area contributed by atoms with Crippen molar-refractivity contribution in [3.8, 4) is 0 Å². The Labute approximate surface area is 204 Å². The summed E-state index contributed by atoms with van der Waals surface area (Å²) in [5.74, 6) is 0.121. The number of halogens is 3. The van der Waals surface area contributed by atoms with Crippen molar-refractivity contribution in [3.05, 3.63) is 40.9 Å². The van der Waals surface area contributed by atoms with Gasteiger partial charge in [0.1, 0.15) is 19.0 Å². The lowest BCUT2D eigenvalue weighted by atomic mass is 9.86. The van der Waals surface area contributed by atoms with Crippen molar-refractivity contribution >= 4 is 30.0 Å². The predicted octanol–water partition coefficient (Wildman–Crippen LogP) is 5.97. The van der Waals surface area contributed by atoms with Crippen LogP contribution in [0.5, 0.6) is 0 Å². The van der Waals surface area contributed by atoms with E-state index in [1.165, 1.54) is 0 Å². The Hall–Kier alpha value is -2.17. The molecular weight excluding hydrogens is 475 g/mol. The second-order valence-electron chi connectivity index (χ2n) is 10.8. The lowest BCUT2D eigenvalue weighted by Crippen LogP contribution is -2.25. The Bertz CT molecular complexity index is 1210. The van der Waals surface area contributed by atoms with Crippen molar-refractivity contribution in [2.75, 3.05) is 19.8 Å². The number of alkyl halides is 3. The van der Waals surface area contributed by atoms with Crippen molar-refractivity contribution in [1.82, 2.24) is 14.1 Å². The Morgan fingerprint density at radius 3 is 2.49 bits per heavy atom. The zero-order valence-electron chi connectivity index (χ0n) is 20.6. The molecule has 0 aliphatic heterocycles. The molecule has 4 rings (SSSR count). The zero-order chi connectivity index (χ0) is 25.2. The van der Waals surface area contributed by atoms with Gasteiger partial charge in [-0.05, 0) is 43.7 Å². The molecule has 3 aromatic heterocycles. The first kappa shape index (κ1) is 25.9. The van der Waals surface area contributed by atoms with Gasteiger partial charge in [0, 0.05) is 57.4 Å². The van der Waals surface area contributed by atoms with Gasteiger partial charge in [-0.1, -0.05) is 19.6 Å². The average Bonchev–Trinajstić information content (AvgIpc) is 3.19. The summed E-state index contributed by atoms with van der Waals surface area (Å²) >= 11 is 0. The van der Waals surface area contributed by atoms with Crippen LogP contribution in [0.4, 0.5) is 13.2 Å². The molecule has 0 unspecified atom stereocenters. The van der Waals surface area contributed by atoms with E-state index in [1.807, 2.05) is 23.0 Å². The molecule has 3 aromatic rings. The van der Waals surface area contributed by atoms with Crippen LogP contribution in [0.1, 0.15) is 31.7 Å². The first-order valence-electron chi connectivity index (χ1n) is 12.2. The van der Waals surface area contributed by atoms with Gasteiger partial charge in [-0.3, -0.25) is 4.79 Å². The Morgan fingerprint density at radius 1 is 1.06 bits per heavy atom. The fraction of sp³-hybridized carbons (Fsp3) is 0.600. The van der Waals surface area contributed by atoms with Gasteiger partial charge in [0.2, 0.25) is 0 Å². The van der Waals surface area contributed by atoms with E-state index in [0.29, 0.717) is 18.7 Å². The highest BCUT2D eigenvalue weighted by Gasteiger charge is 2.29. The zero-order valence-corrected chi connectivity index (χ0v) is 21.6. The number of hydrogen-bond donors (Lipinski definition) is 0. The van der Waals surface area contributed by atoms with Gasteiger partial charge in [-0.25, -0.2) is 4.98 Å². The van der Waals surface area contributed by atoms with Crippen LogP contribution in [-0.4, -0.2) is 48.2 Å². The van der Waals surface area contributed by atoms with Gasteiger partial charge in [0.05, 0.1) is 10.9 Å². The monoisotopic (exact) mass is 509 g/mol. The number of pyridine rings is 2. The number of aromatic nitrogens is 3. The van der Waals surface area contributed by atoms with Gasteiger partial charge in [-0.2, -0.15) is 13.2 Å². The number of hydrogen-bond acceptors (Lipinski definition) is 4. The average molecular weight is 510 g/mol. The smallest absolute Gasteiger partial charge is 0.372 e. The van der Waals surface area contributed by atoms with Crippen LogP contribution in [0.3, 0.4) is 0 Å². The van der Waals surface area contributed by atoms with Crippen molar-refractivity contribution in [1.29, 1.82) is 0 Å². The first-order valence-corrected chi connectivity index (χ1v) is 15.9. The number of nitrogens with zero attached hydrogens (tertiary/aromatic N) is 3. The maximum atomic E-state index is 12.6. The minimum atomic E-state index is -4.29. The highest BCUT2D eigenvalue weighted by atomic mass is 28.3. The minimum Gasteiger partial charge on any atom is -0.372 e. The number of ether oxygens (including phenoxy) is 2. The molecule has 0 bridgehead atoms. The lowest BCUT2D eigenvalue weighted by molar-refractivity contribution is -0.177. The molecule has 0 spiro atoms. The third-order valence-electron chi connectivity index (χ3n) is 6.73. The summed E-state index contributed by atoms with van der Waals surface area (Å²) in [4.78, 5) is 17.2. The van der Waals surface area contributed by atoms with Crippen LogP contribution in [0.2, 0.25) is 25.7 Å². The summed E-state index contributed by atoms with van der Waals surface area (Å²) in [6, 6.07) is 4.81. The molecule has 1 fully saturated rings. The third-order valence-corrected chi connectivity index (χ3v) is 8.43. The van der Waals surface area contributed by atoms with E-state index in [4.69, 9.17) is 9.47 Å². The minimum absolute atomic E-state index is 0.0703. The van der Waals surface area contributed by atoms with E-state index in [1.54, 1.807) is 12.3 Å². The van der Waals surface area contributed by atoms with Crippen molar-refractivity contribution in [2.24, 2.45) is 5.92 Å². The maximum absolute atomic E-state index is 12.6. The summed E-state index contributed by atoms with van der Waals surface area (Å²) in [5, 5.41) is 1.48. The highest BCUT2D eigenvalue weighted by Crippen LogP contribution is 2.35. The highest BCUT2D eigenvalue weighted by molar-refractivity contribution is 6.76. The van der Waals surface area contributed by atoms with Crippen molar-refractivity contribution in [2.45, 2.75) is 70.3 Å². The molecule has 35 heavy (non-hydrogen) atoms. The van der Waals surface area contributed by atoms with Gasteiger partial charge < -0.3 is 18.6 Å². The van der Waals surface area contributed by atoms with Gasteiger partial charge in [-0.15, -0.1) is 0 Å². The molecule has 0 aromatic carbocycles. The molecule has 1 aliphatic carbocycles. The van der Waals surface area contributed by atoms with E-state index < -0.39 is 20.9 Å². The van der Waals surface area contributed by atoms with Crippen molar-refractivity contribution in [3.63, 3.8) is 0 Å². The van der Waals surface area contributed by atoms with Crippen LogP contribution < -0.4 is 5.43 Å². The predicted molar refractivity (Wildman–Crippen MR) is 133 cm³/mol. The Morgan fingerprint density at radius 2 is 1.80 bits per heavy atom. The van der Waals surface area contributed by atoms with E-state index in [9.17, 15) is 18.0 Å². The van der Waals surface area contributed by atoms with Crippen molar-refractivity contribution < 1.29 is 22.6 Å². The topological polar surface area (TPSA) is 58.3 Å². The number of rotatable bonds is 9. The molecule has 0 radical (unpaired) electrons. The molecule has 1 saturated carbocycles. The van der Waals surface area contributed by atoms with Crippen LogP contribution in [0.15, 0.2) is 35.5 Å². The van der Waals surface area contributed by atoms with Crippen LogP contribution in [0, 0.1) is 5.92 Å². The molecular formula is C25H34F3N3O3Si. The Balaban J connectivity index is 1.51. The lowest BCUT2D eigenvalue weighted by Gasteiger charge is -2.31. The summed E-state index contributed by atoms with van der Waals surface area (Å²) in [5.41, 5.74) is 1.57. The van der Waals surface area contributed by atoms with Crippen LogP contribution >= 0.6 is 0 Å². The molecule has 0 N–H and O–H groups in total. The second-order valence-corrected chi connectivity index (χ2v) is 16.4. The van der Waals surface area contributed by atoms with Gasteiger partial charge >= 0.3 is 6.18 Å². The standard InChI is InChI=1S/C25H34F3N3O3Si/c1-35(2,3)13-12-33-17-30-10-8-20-23-21(14-29-24(20)30)22(32)9-11-31(23)19-6-4-18(5-7-19)15-34-16-25(26,27)28/h8-11,14,18-19H,4-7,12-13,15-17H2,1-3H3/t18-,19-. The third kappa shape index (κ3) is 6.53. The first-order chi connectivity index (χ1) is 16.5. The molecule has 10 heteroatoms. The molecule has 0 atom stereocenters. The summed E-state index contributed by atoms with van der Waals surface area (Å²) in [6.45, 7) is 7.01. The van der Waals surface area contributed by atoms with E-state index in [2.05, 4.69) is 29.2 Å². The number of fused-ring (bicyclic) bond motifs is 3. The summed E-state index contributed by atoms with van der Waals surface area (Å²) in [7, 11) is -1.17. The maximum Gasteiger partial charge on any atom is 0.411 e. The fourth-order valence-electron chi connectivity index (χ4n) is 4.78. The molecule has 0 saturated heterocycles. The van der Waals surface area contributed by atoms with Crippen LogP contribution in [-0.2, 0) is 16.2 Å². The summed E-state index contributed by atoms with van der Waals surface area (Å²) in [6.07, 6.45) is 4.36. The fourth-order valence-corrected chi connectivity index (χ4v) is 5.53. The van der Waals surface area contributed by atoms with E-state index in [-0.39, 0.29) is 24.0 Å². The van der Waals surface area contributed by atoms with Crippen LogP contribution in [0.25, 0.3) is 21.9 Å². The largest absolute Gasteiger partial charge is 0.411 e. The van der Waals surface area contributed by atoms with E-state index in [0.717, 1.165) is 48.3 Å². The molecule has 3 heterocycles. The van der Waals surface area contributed by atoms with Gasteiger partial charge in [0.15, 0.2) is 5.43 Å². The Kier molecular flexibility index (Phi) is 7.73. The van der Waals surface area contributed by atoms with Gasteiger partial charge in [0.25, 0.3) is 0 Å². The molecule has 192 valence electrons. The van der Waals surface area contributed by atoms with E-state index >= 15 is 0 Å². The second kappa shape index (κ2) is 10.4. The SMILES string of the molecule is C[Si](C)(C)CCOCn1ccc2c1ncc1c(=O)ccn([C@H]3CC[C@H](COCC(F)(F)F)CC3)c12.